The van der Waals surface area contributed by atoms with E-state index in [4.69, 9.17) is 15.5 Å². The molecule has 0 atom stereocenters. The Bertz CT molecular complexity index is 913. The van der Waals surface area contributed by atoms with Crippen LogP contribution in [0.4, 0.5) is 5.82 Å². The molecule has 0 radical (unpaired) electrons. The second kappa shape index (κ2) is 8.26. The average Bonchev–Trinajstić information content (AvgIpc) is 2.99. The number of hydrogen-bond acceptors (Lipinski definition) is 4. The van der Waals surface area contributed by atoms with E-state index in [2.05, 4.69) is 49.4 Å². The van der Waals surface area contributed by atoms with Gasteiger partial charge in [-0.25, -0.2) is 9.97 Å². The molecule has 146 valence electrons. The van der Waals surface area contributed by atoms with Crippen molar-refractivity contribution in [3.8, 4) is 0 Å². The van der Waals surface area contributed by atoms with E-state index < -0.39 is 0 Å². The third kappa shape index (κ3) is 4.24. The molecular weight excluding hydrogens is 336 g/mol. The zero-order chi connectivity index (χ0) is 19.4. The Morgan fingerprint density at radius 3 is 2.63 bits per heavy atom. The molecule has 2 heterocycles. The smallest absolute Gasteiger partial charge is 0.152 e. The summed E-state index contributed by atoms with van der Waals surface area (Å²) in [6.45, 7) is 11.2. The molecule has 0 aliphatic rings. The first kappa shape index (κ1) is 19.6. The largest absolute Gasteiger partial charge is 0.382 e. The molecule has 3 rings (SSSR count). The lowest BCUT2D eigenvalue weighted by Gasteiger charge is -2.26. The number of benzene rings is 1. The highest BCUT2D eigenvalue weighted by Crippen LogP contribution is 2.32. The maximum atomic E-state index is 6.28. The number of ether oxygens (including phenoxy) is 1. The van der Waals surface area contributed by atoms with Gasteiger partial charge >= 0.3 is 0 Å². The molecule has 0 aliphatic carbocycles. The van der Waals surface area contributed by atoms with Crippen molar-refractivity contribution in [3.63, 3.8) is 0 Å². The Labute approximate surface area is 161 Å². The third-order valence-corrected chi connectivity index (χ3v) is 4.87. The van der Waals surface area contributed by atoms with E-state index in [1.807, 2.05) is 12.1 Å². The number of fused-ring (bicyclic) bond motifs is 3. The van der Waals surface area contributed by atoms with Crippen LogP contribution in [0.25, 0.3) is 21.9 Å². The molecule has 0 saturated heterocycles. The van der Waals surface area contributed by atoms with Gasteiger partial charge in [0, 0.05) is 30.4 Å². The highest BCUT2D eigenvalue weighted by atomic mass is 16.5. The topological polar surface area (TPSA) is 66.0 Å². The van der Waals surface area contributed by atoms with Crippen LogP contribution in [0, 0.1) is 5.41 Å². The summed E-state index contributed by atoms with van der Waals surface area (Å²) in [5, 5.41) is 1.11. The minimum Gasteiger partial charge on any atom is -0.382 e. The molecule has 2 aromatic heterocycles. The Hall–Kier alpha value is -2.14. The van der Waals surface area contributed by atoms with Gasteiger partial charge in [0.2, 0.25) is 0 Å². The van der Waals surface area contributed by atoms with Crippen LogP contribution < -0.4 is 5.73 Å². The number of aromatic nitrogens is 3. The molecule has 0 amide bonds. The third-order valence-electron chi connectivity index (χ3n) is 4.87. The molecule has 0 bridgehead atoms. The fraction of sp³-hybridized carbons (Fsp3) is 0.545. The zero-order valence-electron chi connectivity index (χ0n) is 17.1. The molecule has 2 N–H and O–H groups in total. The second-order valence-corrected chi connectivity index (χ2v) is 8.15. The van der Waals surface area contributed by atoms with Crippen molar-refractivity contribution in [2.45, 2.75) is 59.9 Å². The molecule has 27 heavy (non-hydrogen) atoms. The lowest BCUT2D eigenvalue weighted by atomic mass is 9.94. The number of rotatable bonds is 9. The van der Waals surface area contributed by atoms with Crippen LogP contribution in [-0.4, -0.2) is 27.7 Å². The highest BCUT2D eigenvalue weighted by Gasteiger charge is 2.24. The van der Waals surface area contributed by atoms with Gasteiger partial charge in [0.25, 0.3) is 0 Å². The SMILES string of the molecule is CCCCc1nc2c(N)nc3ccccc3c2n1CC(C)(C)COCCC. The summed E-state index contributed by atoms with van der Waals surface area (Å²) in [7, 11) is 0. The van der Waals surface area contributed by atoms with Crippen LogP contribution in [0.3, 0.4) is 0 Å². The van der Waals surface area contributed by atoms with Crippen molar-refractivity contribution in [2.75, 3.05) is 18.9 Å². The fourth-order valence-electron chi connectivity index (χ4n) is 3.57. The Balaban J connectivity index is 2.12. The monoisotopic (exact) mass is 368 g/mol. The van der Waals surface area contributed by atoms with Crippen molar-refractivity contribution in [1.29, 1.82) is 0 Å². The molecule has 5 nitrogen and oxygen atoms in total. The number of anilines is 1. The van der Waals surface area contributed by atoms with Gasteiger partial charge in [-0.05, 0) is 18.9 Å². The molecule has 0 aliphatic heterocycles. The second-order valence-electron chi connectivity index (χ2n) is 8.15. The van der Waals surface area contributed by atoms with Gasteiger partial charge in [0.05, 0.1) is 17.6 Å². The quantitative estimate of drug-likeness (QED) is 0.542. The van der Waals surface area contributed by atoms with Crippen LogP contribution in [0.5, 0.6) is 0 Å². The Kier molecular flexibility index (Phi) is 6.00. The lowest BCUT2D eigenvalue weighted by Crippen LogP contribution is -2.27. The number of para-hydroxylation sites is 1. The van der Waals surface area contributed by atoms with Crippen molar-refractivity contribution in [2.24, 2.45) is 5.41 Å². The van der Waals surface area contributed by atoms with E-state index in [0.717, 1.165) is 73.2 Å². The molecule has 0 fully saturated rings. The van der Waals surface area contributed by atoms with E-state index in [9.17, 15) is 0 Å². The average molecular weight is 369 g/mol. The van der Waals surface area contributed by atoms with Gasteiger partial charge in [0.15, 0.2) is 5.82 Å². The predicted molar refractivity (Wildman–Crippen MR) is 113 cm³/mol. The van der Waals surface area contributed by atoms with Gasteiger partial charge in [-0.1, -0.05) is 52.3 Å². The summed E-state index contributed by atoms with van der Waals surface area (Å²) in [6, 6.07) is 8.19. The first-order valence-corrected chi connectivity index (χ1v) is 10.1. The summed E-state index contributed by atoms with van der Waals surface area (Å²) in [5.74, 6) is 1.61. The fourth-order valence-corrected chi connectivity index (χ4v) is 3.57. The van der Waals surface area contributed by atoms with E-state index in [1.165, 1.54) is 0 Å². The molecule has 3 aromatic rings. The van der Waals surface area contributed by atoms with Crippen LogP contribution in [-0.2, 0) is 17.7 Å². The molecule has 0 unspecified atom stereocenters. The first-order valence-electron chi connectivity index (χ1n) is 10.1. The zero-order valence-corrected chi connectivity index (χ0v) is 17.1. The summed E-state index contributed by atoms with van der Waals surface area (Å²) < 4.78 is 8.23. The number of nitrogens with two attached hydrogens (primary N) is 1. The van der Waals surface area contributed by atoms with E-state index in [-0.39, 0.29) is 5.41 Å². The molecule has 0 saturated carbocycles. The van der Waals surface area contributed by atoms with Gasteiger partial charge in [-0.2, -0.15) is 0 Å². The molecule has 1 aromatic carbocycles. The minimum absolute atomic E-state index is 0.00288. The van der Waals surface area contributed by atoms with E-state index in [0.29, 0.717) is 5.82 Å². The lowest BCUT2D eigenvalue weighted by molar-refractivity contribution is 0.0537. The van der Waals surface area contributed by atoms with Crippen LogP contribution in [0.2, 0.25) is 0 Å². The molecular formula is C22H32N4O. The summed E-state index contributed by atoms with van der Waals surface area (Å²) in [4.78, 5) is 9.49. The number of nitrogens with zero attached hydrogens (tertiary/aromatic N) is 3. The van der Waals surface area contributed by atoms with Gasteiger partial charge < -0.3 is 15.0 Å². The maximum absolute atomic E-state index is 6.28. The van der Waals surface area contributed by atoms with Crippen LogP contribution in [0.1, 0.15) is 52.8 Å². The van der Waals surface area contributed by atoms with Gasteiger partial charge in [-0.3, -0.25) is 0 Å². The van der Waals surface area contributed by atoms with Gasteiger partial charge in [-0.15, -0.1) is 0 Å². The number of unbranched alkanes of at least 4 members (excludes halogenated alkanes) is 1. The van der Waals surface area contributed by atoms with Gasteiger partial charge in [0.1, 0.15) is 11.3 Å². The Morgan fingerprint density at radius 2 is 1.89 bits per heavy atom. The minimum atomic E-state index is 0.00288. The summed E-state index contributed by atoms with van der Waals surface area (Å²) in [5.41, 5.74) is 9.14. The highest BCUT2D eigenvalue weighted by molar-refractivity contribution is 6.06. The summed E-state index contributed by atoms with van der Waals surface area (Å²) >= 11 is 0. The van der Waals surface area contributed by atoms with Crippen LogP contribution in [0.15, 0.2) is 24.3 Å². The number of aryl methyl sites for hydroxylation is 1. The predicted octanol–water partition coefficient (Wildman–Crippen LogP) is 4.96. The normalized spacial score (nSPS) is 12.3. The number of pyridine rings is 1. The molecule has 0 spiro atoms. The number of nitrogen functional groups attached to an aromatic ring is 1. The van der Waals surface area contributed by atoms with Crippen molar-refractivity contribution in [1.82, 2.24) is 14.5 Å². The number of hydrogen-bond donors (Lipinski definition) is 1. The summed E-state index contributed by atoms with van der Waals surface area (Å²) in [6.07, 6.45) is 4.24. The Morgan fingerprint density at radius 1 is 1.11 bits per heavy atom. The van der Waals surface area contributed by atoms with Crippen LogP contribution >= 0.6 is 0 Å². The molecule has 5 heteroatoms. The van der Waals surface area contributed by atoms with Crippen molar-refractivity contribution in [3.05, 3.63) is 30.1 Å². The van der Waals surface area contributed by atoms with Crippen molar-refractivity contribution >= 4 is 27.8 Å². The number of imidazole rings is 1. The first-order chi connectivity index (χ1) is 13.0. The van der Waals surface area contributed by atoms with E-state index in [1.54, 1.807) is 0 Å². The van der Waals surface area contributed by atoms with E-state index >= 15 is 0 Å². The standard InChI is InChI=1S/C22H32N4O/c1-5-7-12-18-25-19-20(16-10-8-9-11-17(16)24-21(19)23)26(18)14-22(3,4)15-27-13-6-2/h8-11H,5-7,12-15H2,1-4H3,(H2,23,24). The van der Waals surface area contributed by atoms with Crippen molar-refractivity contribution < 1.29 is 4.74 Å². The maximum Gasteiger partial charge on any atom is 0.152 e.